The van der Waals surface area contributed by atoms with Crippen molar-refractivity contribution in [3.63, 3.8) is 0 Å². The lowest BCUT2D eigenvalue weighted by molar-refractivity contribution is 0.393. The number of benzene rings is 1. The summed E-state index contributed by atoms with van der Waals surface area (Å²) in [6.45, 7) is 7.35. The summed E-state index contributed by atoms with van der Waals surface area (Å²) in [5, 5.41) is 3.39. The number of rotatable bonds is 6. The van der Waals surface area contributed by atoms with E-state index in [0.29, 0.717) is 6.04 Å². The third kappa shape index (κ3) is 3.77. The first-order valence-electron chi connectivity index (χ1n) is 6.26. The molecule has 1 aromatic carbocycles. The minimum absolute atomic E-state index is 0.363. The molecule has 0 saturated heterocycles. The van der Waals surface area contributed by atoms with Crippen LogP contribution in [0.2, 0.25) is 0 Å². The maximum atomic E-state index is 5.38. The molecule has 0 fully saturated rings. The number of likely N-dealkylation sites (N-methyl/N-ethyl adjacent to an activating group) is 1. The second-order valence-electron chi connectivity index (χ2n) is 4.28. The summed E-state index contributed by atoms with van der Waals surface area (Å²) in [5.74, 6) is 1.64. The summed E-state index contributed by atoms with van der Waals surface area (Å²) < 4.78 is 10.6. The average molecular weight is 249 g/mol. The van der Waals surface area contributed by atoms with Gasteiger partial charge in [0.05, 0.1) is 14.2 Å². The van der Waals surface area contributed by atoms with E-state index >= 15 is 0 Å². The van der Waals surface area contributed by atoms with Gasteiger partial charge in [0, 0.05) is 17.7 Å². The van der Waals surface area contributed by atoms with Crippen molar-refractivity contribution in [3.8, 4) is 11.5 Å². The van der Waals surface area contributed by atoms with Gasteiger partial charge in [-0.25, -0.2) is 0 Å². The molecule has 0 heterocycles. The van der Waals surface area contributed by atoms with Crippen molar-refractivity contribution in [2.45, 2.75) is 26.8 Å². The second kappa shape index (κ2) is 7.07. The molecule has 1 rings (SSSR count). The van der Waals surface area contributed by atoms with E-state index in [-0.39, 0.29) is 0 Å². The Bertz CT molecular complexity index is 413. The van der Waals surface area contributed by atoms with Gasteiger partial charge in [0.25, 0.3) is 0 Å². The number of hydrogen-bond acceptors (Lipinski definition) is 3. The average Bonchev–Trinajstić information content (AvgIpc) is 2.39. The van der Waals surface area contributed by atoms with Crippen LogP contribution in [0.15, 0.2) is 23.8 Å². The highest BCUT2D eigenvalue weighted by Crippen LogP contribution is 2.26. The van der Waals surface area contributed by atoms with E-state index in [1.807, 2.05) is 18.2 Å². The first-order chi connectivity index (χ1) is 8.62. The van der Waals surface area contributed by atoms with Crippen molar-refractivity contribution in [2.24, 2.45) is 0 Å². The standard InChI is InChI=1S/C15H23NO2/c1-6-16-12(3)11(2)9-13-7-8-14(17-4)10-15(13)18-5/h7-10,12,16H,6H2,1-5H3/b11-9+. The van der Waals surface area contributed by atoms with Gasteiger partial charge in [0.1, 0.15) is 11.5 Å². The zero-order valence-electron chi connectivity index (χ0n) is 11.9. The lowest BCUT2D eigenvalue weighted by Crippen LogP contribution is -2.26. The fraction of sp³-hybridized carbons (Fsp3) is 0.467. The van der Waals surface area contributed by atoms with Crippen LogP contribution < -0.4 is 14.8 Å². The highest BCUT2D eigenvalue weighted by Gasteiger charge is 2.06. The first-order valence-corrected chi connectivity index (χ1v) is 6.26. The van der Waals surface area contributed by atoms with E-state index in [2.05, 4.69) is 32.2 Å². The largest absolute Gasteiger partial charge is 0.497 e. The van der Waals surface area contributed by atoms with E-state index < -0.39 is 0 Å². The first kappa shape index (κ1) is 14.6. The van der Waals surface area contributed by atoms with Crippen LogP contribution in [-0.2, 0) is 0 Å². The smallest absolute Gasteiger partial charge is 0.129 e. The van der Waals surface area contributed by atoms with Gasteiger partial charge >= 0.3 is 0 Å². The zero-order chi connectivity index (χ0) is 13.5. The van der Waals surface area contributed by atoms with Crippen LogP contribution in [0.1, 0.15) is 26.3 Å². The molecule has 0 aromatic heterocycles. The quantitative estimate of drug-likeness (QED) is 0.840. The van der Waals surface area contributed by atoms with Gasteiger partial charge in [0.2, 0.25) is 0 Å². The summed E-state index contributed by atoms with van der Waals surface area (Å²) in [7, 11) is 3.33. The molecule has 0 aliphatic rings. The summed E-state index contributed by atoms with van der Waals surface area (Å²) >= 11 is 0. The van der Waals surface area contributed by atoms with Crippen molar-refractivity contribution in [3.05, 3.63) is 29.3 Å². The highest BCUT2D eigenvalue weighted by molar-refractivity contribution is 5.61. The van der Waals surface area contributed by atoms with Crippen LogP contribution in [0, 0.1) is 0 Å². The minimum atomic E-state index is 0.363. The zero-order valence-corrected chi connectivity index (χ0v) is 11.9. The highest BCUT2D eigenvalue weighted by atomic mass is 16.5. The number of hydrogen-bond donors (Lipinski definition) is 1. The maximum Gasteiger partial charge on any atom is 0.129 e. The van der Waals surface area contributed by atoms with Crippen molar-refractivity contribution in [1.82, 2.24) is 5.32 Å². The van der Waals surface area contributed by atoms with Crippen molar-refractivity contribution >= 4 is 6.08 Å². The summed E-state index contributed by atoms with van der Waals surface area (Å²) in [4.78, 5) is 0. The van der Waals surface area contributed by atoms with E-state index in [1.165, 1.54) is 5.57 Å². The van der Waals surface area contributed by atoms with Crippen molar-refractivity contribution < 1.29 is 9.47 Å². The van der Waals surface area contributed by atoms with Gasteiger partial charge in [0.15, 0.2) is 0 Å². The Labute approximate surface area is 110 Å². The number of nitrogens with one attached hydrogen (secondary N) is 1. The molecule has 0 spiro atoms. The summed E-state index contributed by atoms with van der Waals surface area (Å²) in [5.41, 5.74) is 2.35. The molecule has 0 radical (unpaired) electrons. The van der Waals surface area contributed by atoms with E-state index in [4.69, 9.17) is 9.47 Å². The van der Waals surface area contributed by atoms with Crippen LogP contribution in [0.25, 0.3) is 6.08 Å². The Morgan fingerprint density at radius 2 is 2.06 bits per heavy atom. The van der Waals surface area contributed by atoms with Gasteiger partial charge in [-0.1, -0.05) is 18.6 Å². The minimum Gasteiger partial charge on any atom is -0.497 e. The predicted molar refractivity (Wildman–Crippen MR) is 76.3 cm³/mol. The molecular weight excluding hydrogens is 226 g/mol. The monoisotopic (exact) mass is 249 g/mol. The van der Waals surface area contributed by atoms with Crippen molar-refractivity contribution in [1.29, 1.82) is 0 Å². The van der Waals surface area contributed by atoms with Crippen LogP contribution in [0.3, 0.4) is 0 Å². The predicted octanol–water partition coefficient (Wildman–Crippen LogP) is 3.11. The van der Waals surface area contributed by atoms with E-state index in [0.717, 1.165) is 23.6 Å². The number of methoxy groups -OCH3 is 2. The molecule has 18 heavy (non-hydrogen) atoms. The molecule has 0 aliphatic heterocycles. The van der Waals surface area contributed by atoms with Crippen LogP contribution >= 0.6 is 0 Å². The molecule has 100 valence electrons. The molecule has 0 bridgehead atoms. The second-order valence-corrected chi connectivity index (χ2v) is 4.28. The van der Waals surface area contributed by atoms with E-state index in [9.17, 15) is 0 Å². The molecular formula is C15H23NO2. The Kier molecular flexibility index (Phi) is 5.72. The molecule has 1 atom stereocenters. The lowest BCUT2D eigenvalue weighted by Gasteiger charge is -2.14. The summed E-state index contributed by atoms with van der Waals surface area (Å²) in [6, 6.07) is 6.22. The molecule has 3 heteroatoms. The Morgan fingerprint density at radius 1 is 1.33 bits per heavy atom. The Hall–Kier alpha value is -1.48. The van der Waals surface area contributed by atoms with Gasteiger partial charge in [-0.15, -0.1) is 0 Å². The fourth-order valence-corrected chi connectivity index (χ4v) is 1.78. The van der Waals surface area contributed by atoms with E-state index in [1.54, 1.807) is 14.2 Å². The third-order valence-corrected chi connectivity index (χ3v) is 3.02. The Morgan fingerprint density at radius 3 is 2.61 bits per heavy atom. The third-order valence-electron chi connectivity index (χ3n) is 3.02. The van der Waals surface area contributed by atoms with Crippen molar-refractivity contribution in [2.75, 3.05) is 20.8 Å². The maximum absolute atomic E-state index is 5.38. The SMILES string of the molecule is CCNC(C)/C(C)=C/c1ccc(OC)cc1OC. The lowest BCUT2D eigenvalue weighted by atomic mass is 10.1. The van der Waals surface area contributed by atoms with Crippen LogP contribution in [-0.4, -0.2) is 26.8 Å². The topological polar surface area (TPSA) is 30.5 Å². The van der Waals surface area contributed by atoms with Gasteiger partial charge in [-0.3, -0.25) is 0 Å². The Balaban J connectivity index is 2.98. The fourth-order valence-electron chi connectivity index (χ4n) is 1.78. The van der Waals surface area contributed by atoms with Gasteiger partial charge in [-0.05, 0) is 32.5 Å². The molecule has 0 aliphatic carbocycles. The normalized spacial score (nSPS) is 13.3. The molecule has 1 unspecified atom stereocenters. The van der Waals surface area contributed by atoms with Crippen LogP contribution in [0.4, 0.5) is 0 Å². The van der Waals surface area contributed by atoms with Crippen LogP contribution in [0.5, 0.6) is 11.5 Å². The molecule has 0 saturated carbocycles. The molecule has 1 N–H and O–H groups in total. The molecule has 3 nitrogen and oxygen atoms in total. The molecule has 1 aromatic rings. The van der Waals surface area contributed by atoms with Gasteiger partial charge in [-0.2, -0.15) is 0 Å². The summed E-state index contributed by atoms with van der Waals surface area (Å²) in [6.07, 6.45) is 2.14. The number of ether oxygens (including phenoxy) is 2. The molecule has 0 amide bonds. The van der Waals surface area contributed by atoms with Gasteiger partial charge < -0.3 is 14.8 Å².